The van der Waals surface area contributed by atoms with Gasteiger partial charge in [-0.3, -0.25) is 4.79 Å². The minimum atomic E-state index is 0.0672. The summed E-state index contributed by atoms with van der Waals surface area (Å²) in [6.45, 7) is 6.84. The summed E-state index contributed by atoms with van der Waals surface area (Å²) in [4.78, 5) is 16.7. The molecule has 1 unspecified atom stereocenters. The summed E-state index contributed by atoms with van der Waals surface area (Å²) >= 11 is 0. The molecule has 2 rings (SSSR count). The fraction of sp³-hybridized carbons (Fsp3) is 0.500. The van der Waals surface area contributed by atoms with E-state index < -0.39 is 0 Å². The quantitative estimate of drug-likeness (QED) is 0.396. The number of nitrogens with zero attached hydrogens (tertiary/aromatic N) is 4. The highest BCUT2D eigenvalue weighted by atomic mass is 16.2. The van der Waals surface area contributed by atoms with Crippen LogP contribution in [0.3, 0.4) is 0 Å². The fourth-order valence-electron chi connectivity index (χ4n) is 2.88. The Kier molecular flexibility index (Phi) is 3.86. The van der Waals surface area contributed by atoms with Crippen LogP contribution < -0.4 is 10.6 Å². The largest absolute Gasteiger partial charge is 0.398 e. The summed E-state index contributed by atoms with van der Waals surface area (Å²) < 4.78 is 0. The van der Waals surface area contributed by atoms with Gasteiger partial charge in [-0.15, -0.1) is 0 Å². The van der Waals surface area contributed by atoms with Gasteiger partial charge >= 0.3 is 0 Å². The maximum absolute atomic E-state index is 12.2. The van der Waals surface area contributed by atoms with Crippen molar-refractivity contribution >= 4 is 17.3 Å². The van der Waals surface area contributed by atoms with E-state index in [9.17, 15) is 4.79 Å². The molecule has 0 spiro atoms. The molecule has 0 saturated carbocycles. The van der Waals surface area contributed by atoms with Crippen LogP contribution in [0.15, 0.2) is 11.2 Å². The van der Waals surface area contributed by atoms with Crippen molar-refractivity contribution in [1.29, 1.82) is 0 Å². The first-order valence-corrected chi connectivity index (χ1v) is 6.63. The van der Waals surface area contributed by atoms with E-state index in [1.165, 1.54) is 0 Å². The Bertz CT molecular complexity index is 604. The third-order valence-corrected chi connectivity index (χ3v) is 3.87. The molecule has 20 heavy (non-hydrogen) atoms. The van der Waals surface area contributed by atoms with Gasteiger partial charge in [0.25, 0.3) is 0 Å². The zero-order valence-corrected chi connectivity index (χ0v) is 12.1. The Balaban J connectivity index is 2.35. The van der Waals surface area contributed by atoms with Gasteiger partial charge < -0.3 is 10.6 Å². The van der Waals surface area contributed by atoms with Crippen molar-refractivity contribution in [2.75, 3.05) is 23.7 Å². The Morgan fingerprint density at radius 3 is 2.80 bits per heavy atom. The molecule has 1 aliphatic rings. The molecule has 1 aromatic carbocycles. The number of rotatable bonds is 3. The van der Waals surface area contributed by atoms with Crippen LogP contribution in [-0.2, 0) is 4.79 Å². The third-order valence-electron chi connectivity index (χ3n) is 3.87. The number of azide groups is 1. The third kappa shape index (κ3) is 2.42. The lowest BCUT2D eigenvalue weighted by Gasteiger charge is -2.23. The molecule has 6 nitrogen and oxygen atoms in total. The van der Waals surface area contributed by atoms with Crippen LogP contribution in [0.5, 0.6) is 0 Å². The summed E-state index contributed by atoms with van der Waals surface area (Å²) in [6.07, 6.45) is 0.422. The molecule has 1 saturated heterocycles. The predicted octanol–water partition coefficient (Wildman–Crippen LogP) is 2.86. The minimum Gasteiger partial charge on any atom is -0.398 e. The summed E-state index contributed by atoms with van der Waals surface area (Å²) in [6, 6.07) is 2.01. The first kappa shape index (κ1) is 14.2. The number of hydrogen-bond donors (Lipinski definition) is 1. The number of hydrogen-bond acceptors (Lipinski definition) is 3. The number of amides is 1. The van der Waals surface area contributed by atoms with E-state index in [1.807, 2.05) is 26.8 Å². The molecule has 0 aliphatic carbocycles. The van der Waals surface area contributed by atoms with Crippen molar-refractivity contribution < 1.29 is 4.79 Å². The molecule has 0 aromatic heterocycles. The van der Waals surface area contributed by atoms with E-state index in [-0.39, 0.29) is 11.8 Å². The molecule has 0 radical (unpaired) electrons. The number of carbonyl (C=O) groups excluding carboxylic acids is 1. The number of nitrogens with two attached hydrogens (primary N) is 1. The van der Waals surface area contributed by atoms with Gasteiger partial charge in [0.1, 0.15) is 0 Å². The van der Waals surface area contributed by atoms with Crippen LogP contribution >= 0.6 is 0 Å². The normalized spacial score (nSPS) is 18.2. The molecule has 1 aliphatic heterocycles. The molecule has 2 N–H and O–H groups in total. The molecular weight excluding hydrogens is 254 g/mol. The smallest absolute Gasteiger partial charge is 0.227 e. The summed E-state index contributed by atoms with van der Waals surface area (Å²) in [5.41, 5.74) is 19.1. The summed E-state index contributed by atoms with van der Waals surface area (Å²) in [7, 11) is 0. The predicted molar refractivity (Wildman–Crippen MR) is 79.5 cm³/mol. The lowest BCUT2D eigenvalue weighted by molar-refractivity contribution is -0.117. The standard InChI is InChI=1S/C14H19N5O/c1-8-4-9(2)14(10(3)13(8)15)19-7-11(5-12(19)20)6-17-18-16/h4,11H,5-7,15H2,1-3H3. The van der Waals surface area contributed by atoms with Crippen LogP contribution in [0.2, 0.25) is 0 Å². The molecule has 1 amide bonds. The zero-order valence-electron chi connectivity index (χ0n) is 12.1. The van der Waals surface area contributed by atoms with E-state index in [0.717, 1.165) is 28.1 Å². The average Bonchev–Trinajstić information content (AvgIpc) is 2.75. The molecule has 1 fully saturated rings. The van der Waals surface area contributed by atoms with Gasteiger partial charge in [-0.2, -0.15) is 0 Å². The van der Waals surface area contributed by atoms with E-state index in [4.69, 9.17) is 11.3 Å². The number of aryl methyl sites for hydroxylation is 2. The molecule has 1 atom stereocenters. The molecule has 1 aromatic rings. The minimum absolute atomic E-state index is 0.0672. The van der Waals surface area contributed by atoms with Crippen molar-refractivity contribution in [1.82, 2.24) is 0 Å². The molecular formula is C14H19N5O. The average molecular weight is 273 g/mol. The first-order valence-electron chi connectivity index (χ1n) is 6.63. The monoisotopic (exact) mass is 273 g/mol. The van der Waals surface area contributed by atoms with Crippen molar-refractivity contribution in [3.63, 3.8) is 0 Å². The maximum Gasteiger partial charge on any atom is 0.227 e. The Hall–Kier alpha value is -2.20. The second kappa shape index (κ2) is 5.43. The van der Waals surface area contributed by atoms with Gasteiger partial charge in [0.15, 0.2) is 0 Å². The van der Waals surface area contributed by atoms with Gasteiger partial charge in [-0.05, 0) is 48.9 Å². The highest BCUT2D eigenvalue weighted by Gasteiger charge is 2.32. The van der Waals surface area contributed by atoms with Gasteiger partial charge in [-0.1, -0.05) is 11.2 Å². The van der Waals surface area contributed by atoms with Crippen LogP contribution in [0, 0.1) is 26.7 Å². The zero-order chi connectivity index (χ0) is 14.9. The lowest BCUT2D eigenvalue weighted by atomic mass is 10.0. The first-order chi connectivity index (χ1) is 9.45. The van der Waals surface area contributed by atoms with Crippen molar-refractivity contribution in [3.05, 3.63) is 33.2 Å². The summed E-state index contributed by atoms with van der Waals surface area (Å²) in [5, 5.41) is 3.57. The fourth-order valence-corrected chi connectivity index (χ4v) is 2.88. The van der Waals surface area contributed by atoms with E-state index in [0.29, 0.717) is 19.5 Å². The SMILES string of the molecule is Cc1cc(C)c(N2CC(CN=[N+]=[N-])CC2=O)c(C)c1N. The highest BCUT2D eigenvalue weighted by Crippen LogP contribution is 2.35. The molecule has 0 bridgehead atoms. The second-order valence-corrected chi connectivity index (χ2v) is 5.39. The molecule has 6 heteroatoms. The Labute approximate surface area is 118 Å². The van der Waals surface area contributed by atoms with Crippen molar-refractivity contribution in [2.24, 2.45) is 11.0 Å². The number of carbonyl (C=O) groups is 1. The maximum atomic E-state index is 12.2. The Morgan fingerprint density at radius 1 is 1.45 bits per heavy atom. The number of benzene rings is 1. The molecule has 106 valence electrons. The van der Waals surface area contributed by atoms with Gasteiger partial charge in [0, 0.05) is 30.1 Å². The van der Waals surface area contributed by atoms with Crippen LogP contribution in [0.25, 0.3) is 10.4 Å². The highest BCUT2D eigenvalue weighted by molar-refractivity contribution is 5.98. The summed E-state index contributed by atoms with van der Waals surface area (Å²) in [5.74, 6) is 0.150. The van der Waals surface area contributed by atoms with E-state index >= 15 is 0 Å². The van der Waals surface area contributed by atoms with Gasteiger partial charge in [-0.25, -0.2) is 0 Å². The number of anilines is 2. The van der Waals surface area contributed by atoms with Crippen LogP contribution in [0.1, 0.15) is 23.1 Å². The second-order valence-electron chi connectivity index (χ2n) is 5.39. The molecule has 1 heterocycles. The van der Waals surface area contributed by atoms with Crippen LogP contribution in [0.4, 0.5) is 11.4 Å². The topological polar surface area (TPSA) is 95.1 Å². The van der Waals surface area contributed by atoms with Crippen LogP contribution in [-0.4, -0.2) is 19.0 Å². The number of nitrogen functional groups attached to an aromatic ring is 1. The van der Waals surface area contributed by atoms with Gasteiger partial charge in [0.05, 0.1) is 5.69 Å². The van der Waals surface area contributed by atoms with E-state index in [2.05, 4.69) is 10.0 Å². The van der Waals surface area contributed by atoms with Gasteiger partial charge in [0.2, 0.25) is 5.91 Å². The Morgan fingerprint density at radius 2 is 2.15 bits per heavy atom. The van der Waals surface area contributed by atoms with Crippen molar-refractivity contribution in [3.8, 4) is 0 Å². The van der Waals surface area contributed by atoms with E-state index in [1.54, 1.807) is 4.90 Å². The van der Waals surface area contributed by atoms with Crippen molar-refractivity contribution in [2.45, 2.75) is 27.2 Å². The lowest BCUT2D eigenvalue weighted by Crippen LogP contribution is -2.27.